The van der Waals surface area contributed by atoms with Crippen molar-refractivity contribution < 1.29 is 8.78 Å². The number of fused-ring (bicyclic) bond motifs is 2. The molecule has 4 rings (SSSR count). The van der Waals surface area contributed by atoms with Crippen LogP contribution in [0.1, 0.15) is 12.2 Å². The molecule has 0 saturated heterocycles. The molecular formula is C13H9F2N3. The number of alkyl halides is 1. The summed E-state index contributed by atoms with van der Waals surface area (Å²) in [5.41, 5.74) is -1.44. The molecule has 0 amide bonds. The first-order chi connectivity index (χ1) is 8.66. The number of H-pyrrole nitrogens is 1. The number of hydrogen-bond acceptors (Lipinski definition) is 2. The first-order valence-corrected chi connectivity index (χ1v) is 5.70. The van der Waals surface area contributed by atoms with Gasteiger partial charge in [-0.3, -0.25) is 4.98 Å². The van der Waals surface area contributed by atoms with Crippen molar-refractivity contribution in [2.75, 3.05) is 0 Å². The van der Waals surface area contributed by atoms with Crippen molar-refractivity contribution >= 4 is 11.0 Å². The third kappa shape index (κ3) is 0.978. The smallest absolute Gasteiger partial charge is 0.179 e. The van der Waals surface area contributed by atoms with Gasteiger partial charge in [-0.05, 0) is 12.1 Å². The summed E-state index contributed by atoms with van der Waals surface area (Å²) in [6.07, 6.45) is 7.76. The molecule has 1 fully saturated rings. The van der Waals surface area contributed by atoms with E-state index in [2.05, 4.69) is 15.0 Å². The highest BCUT2D eigenvalue weighted by molar-refractivity contribution is 5.74. The average molecular weight is 245 g/mol. The van der Waals surface area contributed by atoms with Crippen LogP contribution in [-0.4, -0.2) is 20.6 Å². The zero-order valence-corrected chi connectivity index (χ0v) is 9.32. The van der Waals surface area contributed by atoms with Crippen LogP contribution in [0.4, 0.5) is 8.78 Å². The quantitative estimate of drug-likeness (QED) is 0.839. The van der Waals surface area contributed by atoms with Gasteiger partial charge >= 0.3 is 0 Å². The number of nitrogens with one attached hydrogen (secondary N) is 1. The molecule has 3 nitrogen and oxygen atoms in total. The fourth-order valence-corrected chi connectivity index (χ4v) is 2.68. The van der Waals surface area contributed by atoms with E-state index in [9.17, 15) is 8.78 Å². The zero-order chi connectivity index (χ0) is 12.4. The maximum absolute atomic E-state index is 14.4. The number of pyridine rings is 1. The lowest BCUT2D eigenvalue weighted by Crippen LogP contribution is -2.22. The van der Waals surface area contributed by atoms with Crippen LogP contribution in [0, 0.1) is 0 Å². The Balaban J connectivity index is 1.90. The molecule has 2 atom stereocenters. The van der Waals surface area contributed by atoms with E-state index in [1.165, 1.54) is 6.08 Å². The summed E-state index contributed by atoms with van der Waals surface area (Å²) in [6, 6.07) is 1.74. The summed E-state index contributed by atoms with van der Waals surface area (Å²) >= 11 is 0. The lowest BCUT2D eigenvalue weighted by Gasteiger charge is -2.15. The second-order valence-corrected chi connectivity index (χ2v) is 4.80. The van der Waals surface area contributed by atoms with Crippen LogP contribution in [0.5, 0.6) is 0 Å². The Labute approximate surface area is 101 Å². The molecule has 0 aromatic carbocycles. The van der Waals surface area contributed by atoms with E-state index >= 15 is 0 Å². The predicted octanol–water partition coefficient (Wildman–Crippen LogP) is 2.73. The van der Waals surface area contributed by atoms with E-state index in [4.69, 9.17) is 0 Å². The molecule has 18 heavy (non-hydrogen) atoms. The number of aromatic nitrogens is 3. The standard InChI is InChI=1S/C13H9F2N3/c14-10-2-1-4-12(7-13(10,12)15)11-17-8-3-5-16-6-9(8)18-11/h1-6H,7H2,(H,17,18). The van der Waals surface area contributed by atoms with Gasteiger partial charge in [0.1, 0.15) is 11.7 Å². The Kier molecular flexibility index (Phi) is 1.58. The maximum atomic E-state index is 14.4. The molecule has 2 aromatic rings. The summed E-state index contributed by atoms with van der Waals surface area (Å²) < 4.78 is 28.0. The minimum Gasteiger partial charge on any atom is -0.340 e. The lowest BCUT2D eigenvalue weighted by molar-refractivity contribution is 0.273. The molecule has 1 saturated carbocycles. The number of rotatable bonds is 1. The normalized spacial score (nSPS) is 33.3. The molecule has 0 aliphatic heterocycles. The van der Waals surface area contributed by atoms with E-state index in [1.807, 2.05) is 0 Å². The van der Waals surface area contributed by atoms with Gasteiger partial charge in [-0.1, -0.05) is 12.2 Å². The first kappa shape index (κ1) is 9.94. The minimum atomic E-state index is -1.93. The van der Waals surface area contributed by atoms with Crippen LogP contribution in [0.15, 0.2) is 42.5 Å². The van der Waals surface area contributed by atoms with Gasteiger partial charge in [-0.2, -0.15) is 0 Å². The third-order valence-electron chi connectivity index (χ3n) is 3.81. The van der Waals surface area contributed by atoms with Gasteiger partial charge in [-0.25, -0.2) is 13.8 Å². The zero-order valence-electron chi connectivity index (χ0n) is 9.32. The topological polar surface area (TPSA) is 41.6 Å². The Bertz CT molecular complexity index is 685. The molecule has 0 spiro atoms. The number of nitrogens with zero attached hydrogens (tertiary/aromatic N) is 2. The summed E-state index contributed by atoms with van der Waals surface area (Å²) in [7, 11) is 0. The van der Waals surface area contributed by atoms with Crippen molar-refractivity contribution in [2.45, 2.75) is 17.5 Å². The second kappa shape index (κ2) is 2.85. The highest BCUT2D eigenvalue weighted by Gasteiger charge is 2.74. The van der Waals surface area contributed by atoms with Crippen LogP contribution >= 0.6 is 0 Å². The maximum Gasteiger partial charge on any atom is 0.179 e. The molecule has 2 aliphatic carbocycles. The summed E-state index contributed by atoms with van der Waals surface area (Å²) in [5.74, 6) is -0.254. The fraction of sp³-hybridized carbons (Fsp3) is 0.231. The number of halogens is 2. The first-order valence-electron chi connectivity index (χ1n) is 5.70. The largest absolute Gasteiger partial charge is 0.340 e. The Morgan fingerprint density at radius 2 is 2.28 bits per heavy atom. The van der Waals surface area contributed by atoms with Crippen molar-refractivity contribution in [1.29, 1.82) is 0 Å². The molecule has 1 N–H and O–H groups in total. The average Bonchev–Trinajstić information content (AvgIpc) is 2.82. The number of aromatic amines is 1. The van der Waals surface area contributed by atoms with E-state index in [0.29, 0.717) is 11.3 Å². The van der Waals surface area contributed by atoms with Crippen molar-refractivity contribution in [2.24, 2.45) is 0 Å². The summed E-state index contributed by atoms with van der Waals surface area (Å²) in [5, 5.41) is 0. The van der Waals surface area contributed by atoms with Gasteiger partial charge in [0.2, 0.25) is 0 Å². The molecule has 2 aromatic heterocycles. The number of allylic oxidation sites excluding steroid dienone is 4. The van der Waals surface area contributed by atoms with Crippen LogP contribution in [0.2, 0.25) is 0 Å². The molecule has 2 heterocycles. The number of hydrogen-bond donors (Lipinski definition) is 1. The van der Waals surface area contributed by atoms with Crippen LogP contribution in [-0.2, 0) is 5.41 Å². The molecule has 90 valence electrons. The predicted molar refractivity (Wildman–Crippen MR) is 62.4 cm³/mol. The monoisotopic (exact) mass is 245 g/mol. The number of imidazole rings is 1. The third-order valence-corrected chi connectivity index (χ3v) is 3.81. The van der Waals surface area contributed by atoms with Crippen molar-refractivity contribution in [1.82, 2.24) is 15.0 Å². The van der Waals surface area contributed by atoms with Gasteiger partial charge in [0.05, 0.1) is 22.6 Å². The molecule has 5 heteroatoms. The second-order valence-electron chi connectivity index (χ2n) is 4.80. The van der Waals surface area contributed by atoms with Crippen molar-refractivity contribution in [3.8, 4) is 0 Å². The Morgan fingerprint density at radius 3 is 3.11 bits per heavy atom. The van der Waals surface area contributed by atoms with Gasteiger partial charge in [0, 0.05) is 12.6 Å². The Morgan fingerprint density at radius 1 is 1.39 bits per heavy atom. The minimum absolute atomic E-state index is 0.103. The molecular weight excluding hydrogens is 236 g/mol. The highest BCUT2D eigenvalue weighted by Crippen LogP contribution is 2.66. The van der Waals surface area contributed by atoms with Crippen LogP contribution in [0.25, 0.3) is 11.0 Å². The molecule has 0 radical (unpaired) electrons. The molecule has 2 unspecified atom stereocenters. The summed E-state index contributed by atoms with van der Waals surface area (Å²) in [4.78, 5) is 11.4. The fourth-order valence-electron chi connectivity index (χ4n) is 2.68. The molecule has 2 aliphatic rings. The summed E-state index contributed by atoms with van der Waals surface area (Å²) in [6.45, 7) is 0. The Hall–Kier alpha value is -2.04. The highest BCUT2D eigenvalue weighted by atomic mass is 19.2. The van der Waals surface area contributed by atoms with Gasteiger partial charge < -0.3 is 4.98 Å². The van der Waals surface area contributed by atoms with E-state index in [0.717, 1.165) is 5.52 Å². The molecule has 0 bridgehead atoms. The SMILES string of the molecule is FC1=CC=CC2(c3nc4ccncc4[nH]3)CC12F. The van der Waals surface area contributed by atoms with Gasteiger partial charge in [-0.15, -0.1) is 0 Å². The van der Waals surface area contributed by atoms with E-state index < -0.39 is 16.9 Å². The van der Waals surface area contributed by atoms with E-state index in [1.54, 1.807) is 30.6 Å². The van der Waals surface area contributed by atoms with E-state index in [-0.39, 0.29) is 6.42 Å². The van der Waals surface area contributed by atoms with Crippen LogP contribution in [0.3, 0.4) is 0 Å². The van der Waals surface area contributed by atoms with Gasteiger partial charge in [0.25, 0.3) is 0 Å². The van der Waals surface area contributed by atoms with Crippen molar-refractivity contribution in [3.05, 3.63) is 48.3 Å². The van der Waals surface area contributed by atoms with Crippen molar-refractivity contribution in [3.63, 3.8) is 0 Å². The van der Waals surface area contributed by atoms with Gasteiger partial charge in [0.15, 0.2) is 5.67 Å². The lowest BCUT2D eigenvalue weighted by atomic mass is 9.96. The van der Waals surface area contributed by atoms with Crippen LogP contribution < -0.4 is 0 Å².